The maximum absolute atomic E-state index is 10.2. The van der Waals surface area contributed by atoms with Crippen LogP contribution in [0.2, 0.25) is 0 Å². The summed E-state index contributed by atoms with van der Waals surface area (Å²) >= 11 is 1.27. The highest BCUT2D eigenvalue weighted by molar-refractivity contribution is 8.00. The summed E-state index contributed by atoms with van der Waals surface area (Å²) in [5.74, 6) is -0.246. The van der Waals surface area contributed by atoms with Crippen LogP contribution in [-0.2, 0) is 4.79 Å². The minimum absolute atomic E-state index is 0.0717. The van der Waals surface area contributed by atoms with Gasteiger partial charge in [-0.1, -0.05) is 13.8 Å². The van der Waals surface area contributed by atoms with Crippen molar-refractivity contribution in [2.75, 3.05) is 11.5 Å². The molecular formula is C8H16O3S. The number of aliphatic carboxylic acids is 1. The van der Waals surface area contributed by atoms with Crippen LogP contribution in [0, 0.1) is 0 Å². The molecule has 0 amide bonds. The van der Waals surface area contributed by atoms with Crippen molar-refractivity contribution >= 4 is 17.7 Å². The van der Waals surface area contributed by atoms with E-state index in [4.69, 9.17) is 5.11 Å². The maximum Gasteiger partial charge on any atom is 0.313 e. The lowest BCUT2D eigenvalue weighted by molar-refractivity contribution is -0.133. The lowest BCUT2D eigenvalue weighted by atomic mass is 10.0. The second-order valence-electron chi connectivity index (χ2n) is 2.82. The van der Waals surface area contributed by atoms with Crippen LogP contribution in [0.25, 0.3) is 0 Å². The van der Waals surface area contributed by atoms with E-state index in [-0.39, 0.29) is 5.75 Å². The predicted octanol–water partition coefficient (Wildman–Crippen LogP) is 1.36. The summed E-state index contributed by atoms with van der Waals surface area (Å²) in [4.78, 5) is 10.2. The van der Waals surface area contributed by atoms with Crippen LogP contribution in [0.4, 0.5) is 0 Å². The number of carbonyl (C=O) groups is 1. The normalized spacial score (nSPS) is 11.6. The van der Waals surface area contributed by atoms with Gasteiger partial charge in [0.1, 0.15) is 0 Å². The standard InChI is InChI=1S/C8H16O3S/c1-3-8(11,4-2)6-12-5-7(9)10/h11H,3-6H2,1-2H3,(H,9,10). The second kappa shape index (κ2) is 5.43. The molecule has 3 nitrogen and oxygen atoms in total. The Hall–Kier alpha value is -0.220. The predicted molar refractivity (Wildman–Crippen MR) is 50.5 cm³/mol. The number of rotatable bonds is 6. The molecule has 0 unspecified atom stereocenters. The van der Waals surface area contributed by atoms with Gasteiger partial charge >= 0.3 is 5.97 Å². The first kappa shape index (κ1) is 11.8. The van der Waals surface area contributed by atoms with Gasteiger partial charge in [0.25, 0.3) is 0 Å². The zero-order valence-electron chi connectivity index (χ0n) is 7.54. The van der Waals surface area contributed by atoms with E-state index in [2.05, 4.69) is 0 Å². The molecule has 0 heterocycles. The van der Waals surface area contributed by atoms with Gasteiger partial charge in [0.2, 0.25) is 0 Å². The molecule has 72 valence electrons. The highest BCUT2D eigenvalue weighted by atomic mass is 32.2. The van der Waals surface area contributed by atoms with Gasteiger partial charge in [-0.05, 0) is 12.8 Å². The van der Waals surface area contributed by atoms with Crippen molar-refractivity contribution < 1.29 is 15.0 Å². The van der Waals surface area contributed by atoms with E-state index in [1.807, 2.05) is 13.8 Å². The summed E-state index contributed by atoms with van der Waals surface area (Å²) in [6.07, 6.45) is 1.35. The SMILES string of the molecule is CCC(O)(CC)CSCC(=O)O. The summed E-state index contributed by atoms with van der Waals surface area (Å²) in [5.41, 5.74) is -0.680. The van der Waals surface area contributed by atoms with Crippen LogP contribution in [0.5, 0.6) is 0 Å². The molecule has 0 aromatic rings. The Bertz CT molecular complexity index is 143. The molecule has 0 aliphatic heterocycles. The molecule has 0 atom stereocenters. The lowest BCUT2D eigenvalue weighted by Gasteiger charge is -2.23. The third kappa shape index (κ3) is 4.62. The van der Waals surface area contributed by atoms with Crippen molar-refractivity contribution in [1.29, 1.82) is 0 Å². The van der Waals surface area contributed by atoms with E-state index in [1.165, 1.54) is 11.8 Å². The van der Waals surface area contributed by atoms with Crippen molar-refractivity contribution in [3.05, 3.63) is 0 Å². The Balaban J connectivity index is 3.65. The van der Waals surface area contributed by atoms with E-state index in [1.54, 1.807) is 0 Å². The number of carboxylic acid groups (broad SMARTS) is 1. The molecule has 2 N–H and O–H groups in total. The first-order chi connectivity index (χ1) is 5.54. The van der Waals surface area contributed by atoms with Gasteiger partial charge in [0.15, 0.2) is 0 Å². The highest BCUT2D eigenvalue weighted by Crippen LogP contribution is 2.20. The van der Waals surface area contributed by atoms with Crippen molar-refractivity contribution in [3.63, 3.8) is 0 Å². The van der Waals surface area contributed by atoms with Crippen molar-refractivity contribution in [1.82, 2.24) is 0 Å². The topological polar surface area (TPSA) is 57.5 Å². The maximum atomic E-state index is 10.2. The van der Waals surface area contributed by atoms with Crippen LogP contribution in [0.1, 0.15) is 26.7 Å². The number of hydrogen-bond acceptors (Lipinski definition) is 3. The van der Waals surface area contributed by atoms with Gasteiger partial charge in [0.05, 0.1) is 11.4 Å². The molecule has 0 aliphatic carbocycles. The van der Waals surface area contributed by atoms with Crippen molar-refractivity contribution in [2.45, 2.75) is 32.3 Å². The van der Waals surface area contributed by atoms with E-state index in [0.717, 1.165) is 0 Å². The van der Waals surface area contributed by atoms with Gasteiger partial charge in [0, 0.05) is 5.75 Å². The molecule has 0 aromatic carbocycles. The van der Waals surface area contributed by atoms with Crippen molar-refractivity contribution in [3.8, 4) is 0 Å². The Morgan fingerprint density at radius 1 is 1.42 bits per heavy atom. The Morgan fingerprint density at radius 3 is 2.25 bits per heavy atom. The van der Waals surface area contributed by atoms with E-state index in [0.29, 0.717) is 18.6 Å². The van der Waals surface area contributed by atoms with Gasteiger partial charge in [-0.15, -0.1) is 11.8 Å². The summed E-state index contributed by atoms with van der Waals surface area (Å²) in [6, 6.07) is 0. The lowest BCUT2D eigenvalue weighted by Crippen LogP contribution is -2.30. The Labute approximate surface area is 77.2 Å². The van der Waals surface area contributed by atoms with Crippen LogP contribution in [-0.4, -0.2) is 33.3 Å². The van der Waals surface area contributed by atoms with E-state index < -0.39 is 11.6 Å². The fraction of sp³-hybridized carbons (Fsp3) is 0.875. The molecule has 0 aromatic heterocycles. The van der Waals surface area contributed by atoms with Gasteiger partial charge < -0.3 is 10.2 Å². The molecular weight excluding hydrogens is 176 g/mol. The van der Waals surface area contributed by atoms with Gasteiger partial charge in [-0.2, -0.15) is 0 Å². The number of thioether (sulfide) groups is 1. The number of aliphatic hydroxyl groups is 1. The summed E-state index contributed by atoms with van der Waals surface area (Å²) < 4.78 is 0. The monoisotopic (exact) mass is 192 g/mol. The van der Waals surface area contributed by atoms with Crippen molar-refractivity contribution in [2.24, 2.45) is 0 Å². The number of carboxylic acids is 1. The molecule has 0 spiro atoms. The Morgan fingerprint density at radius 2 is 1.92 bits per heavy atom. The largest absolute Gasteiger partial charge is 0.481 e. The van der Waals surface area contributed by atoms with Gasteiger partial charge in [-0.3, -0.25) is 4.79 Å². The zero-order valence-corrected chi connectivity index (χ0v) is 8.36. The quantitative estimate of drug-likeness (QED) is 0.667. The molecule has 0 fully saturated rings. The Kier molecular flexibility index (Phi) is 5.33. The summed E-state index contributed by atoms with van der Waals surface area (Å²) in [5, 5.41) is 18.1. The third-order valence-corrected chi connectivity index (χ3v) is 3.11. The second-order valence-corrected chi connectivity index (χ2v) is 3.80. The molecule has 0 bridgehead atoms. The third-order valence-electron chi connectivity index (χ3n) is 1.91. The molecule has 0 radical (unpaired) electrons. The first-order valence-electron chi connectivity index (χ1n) is 4.06. The van der Waals surface area contributed by atoms with Crippen LogP contribution >= 0.6 is 11.8 Å². The highest BCUT2D eigenvalue weighted by Gasteiger charge is 2.21. The van der Waals surface area contributed by atoms with E-state index in [9.17, 15) is 9.90 Å². The minimum Gasteiger partial charge on any atom is -0.481 e. The van der Waals surface area contributed by atoms with Gasteiger partial charge in [-0.25, -0.2) is 0 Å². The molecule has 0 saturated heterocycles. The average Bonchev–Trinajstić information content (AvgIpc) is 2.03. The molecule has 12 heavy (non-hydrogen) atoms. The molecule has 0 aliphatic rings. The number of hydrogen-bond donors (Lipinski definition) is 2. The summed E-state index contributed by atoms with van der Waals surface area (Å²) in [6.45, 7) is 3.82. The molecule has 0 rings (SSSR count). The first-order valence-corrected chi connectivity index (χ1v) is 5.21. The van der Waals surface area contributed by atoms with Crippen LogP contribution < -0.4 is 0 Å². The fourth-order valence-electron chi connectivity index (χ4n) is 0.782. The molecule has 0 saturated carbocycles. The minimum atomic E-state index is -0.824. The molecule has 4 heteroatoms. The fourth-order valence-corrected chi connectivity index (χ4v) is 1.85. The van der Waals surface area contributed by atoms with Crippen LogP contribution in [0.15, 0.2) is 0 Å². The van der Waals surface area contributed by atoms with E-state index >= 15 is 0 Å². The zero-order chi connectivity index (χ0) is 9.61. The smallest absolute Gasteiger partial charge is 0.313 e. The van der Waals surface area contributed by atoms with Crippen LogP contribution in [0.3, 0.4) is 0 Å². The average molecular weight is 192 g/mol. The summed E-state index contributed by atoms with van der Waals surface area (Å²) in [7, 11) is 0.